The van der Waals surface area contributed by atoms with Crippen LogP contribution in [0.5, 0.6) is 11.5 Å². The van der Waals surface area contributed by atoms with Crippen LogP contribution in [-0.2, 0) is 0 Å². The van der Waals surface area contributed by atoms with Gasteiger partial charge in [0.25, 0.3) is 0 Å². The summed E-state index contributed by atoms with van der Waals surface area (Å²) in [5, 5.41) is 7.41. The van der Waals surface area contributed by atoms with E-state index in [-0.39, 0.29) is 11.4 Å². The molecular weight excluding hydrogens is 299 g/mol. The van der Waals surface area contributed by atoms with Crippen molar-refractivity contribution in [3.63, 3.8) is 0 Å². The van der Waals surface area contributed by atoms with Gasteiger partial charge in [-0.15, -0.1) is 0 Å². The van der Waals surface area contributed by atoms with Gasteiger partial charge in [0.2, 0.25) is 0 Å². The molecule has 2 aromatic carbocycles. The number of nitrogens with two attached hydrogens (primary N) is 1. The monoisotopic (exact) mass is 308 g/mol. The fourth-order valence-corrected chi connectivity index (χ4v) is 1.81. The van der Waals surface area contributed by atoms with Crippen LogP contribution in [0.3, 0.4) is 0 Å². The molecule has 5 heteroatoms. The van der Waals surface area contributed by atoms with Crippen molar-refractivity contribution in [1.82, 2.24) is 0 Å². The maximum absolute atomic E-state index is 13.1. The largest absolute Gasteiger partial charge is 0.455 e. The molecule has 0 unspecified atom stereocenters. The molecule has 0 heterocycles. The summed E-state index contributed by atoms with van der Waals surface area (Å²) < 4.78 is 19.5. The van der Waals surface area contributed by atoms with Crippen LogP contribution in [0.25, 0.3) is 0 Å². The van der Waals surface area contributed by atoms with E-state index in [9.17, 15) is 4.39 Å². The van der Waals surface area contributed by atoms with Gasteiger partial charge in [0.05, 0.1) is 10.0 Å². The van der Waals surface area contributed by atoms with Gasteiger partial charge in [0, 0.05) is 0 Å². The summed E-state index contributed by atoms with van der Waals surface area (Å²) in [5.41, 5.74) is 5.63. The minimum absolute atomic E-state index is 0.228. The second-order valence-electron chi connectivity index (χ2n) is 3.59. The molecule has 2 rings (SSSR count). The number of nitrogen functional groups attached to an aromatic ring is 1. The van der Waals surface area contributed by atoms with Gasteiger partial charge in [-0.25, -0.2) is 4.39 Å². The van der Waals surface area contributed by atoms with Crippen LogP contribution in [0, 0.1) is 11.2 Å². The van der Waals surface area contributed by atoms with Gasteiger partial charge < -0.3 is 10.5 Å². The first-order chi connectivity index (χ1) is 8.58. The topological polar surface area (TPSA) is 59.1 Å². The lowest BCUT2D eigenvalue weighted by Crippen LogP contribution is -2.12. The third kappa shape index (κ3) is 2.68. The number of halogens is 2. The average Bonchev–Trinajstić information content (AvgIpc) is 2.34. The zero-order chi connectivity index (χ0) is 13.1. The summed E-state index contributed by atoms with van der Waals surface area (Å²) in [4.78, 5) is 0. The zero-order valence-corrected chi connectivity index (χ0v) is 10.9. The Bertz CT molecular complexity index is 601. The Labute approximate surface area is 112 Å². The molecule has 0 spiro atoms. The number of nitrogens with one attached hydrogen (secondary N) is 1. The lowest BCUT2D eigenvalue weighted by Gasteiger charge is -2.11. The molecule has 0 fully saturated rings. The number of benzene rings is 2. The highest BCUT2D eigenvalue weighted by Crippen LogP contribution is 2.31. The first-order valence-electron chi connectivity index (χ1n) is 5.14. The van der Waals surface area contributed by atoms with Crippen LogP contribution in [-0.4, -0.2) is 5.84 Å². The smallest absolute Gasteiger partial charge is 0.141 e. The van der Waals surface area contributed by atoms with E-state index in [0.29, 0.717) is 11.5 Å². The second kappa shape index (κ2) is 5.18. The molecule has 92 valence electrons. The van der Waals surface area contributed by atoms with E-state index in [1.807, 2.05) is 18.2 Å². The molecule has 0 amide bonds. The van der Waals surface area contributed by atoms with Gasteiger partial charge in [-0.3, -0.25) is 5.41 Å². The van der Waals surface area contributed by atoms with E-state index in [1.165, 1.54) is 18.2 Å². The fraction of sp³-hybridized carbons (Fsp3) is 0. The number of hydrogen-bond donors (Lipinski definition) is 2. The lowest BCUT2D eigenvalue weighted by molar-refractivity contribution is 0.476. The predicted octanol–water partition coefficient (Wildman–Crippen LogP) is 3.66. The molecule has 0 atom stereocenters. The Hall–Kier alpha value is -1.88. The van der Waals surface area contributed by atoms with Crippen molar-refractivity contribution in [3.8, 4) is 11.5 Å². The van der Waals surface area contributed by atoms with E-state index in [2.05, 4.69) is 15.9 Å². The number of amidine groups is 1. The molecule has 3 nitrogen and oxygen atoms in total. The highest BCUT2D eigenvalue weighted by molar-refractivity contribution is 9.10. The summed E-state index contributed by atoms with van der Waals surface area (Å²) in [7, 11) is 0. The van der Waals surface area contributed by atoms with Crippen LogP contribution in [0.4, 0.5) is 4.39 Å². The van der Waals surface area contributed by atoms with E-state index in [4.69, 9.17) is 15.9 Å². The Morgan fingerprint density at radius 3 is 2.56 bits per heavy atom. The predicted molar refractivity (Wildman–Crippen MR) is 71.6 cm³/mol. The molecule has 0 saturated heterocycles. The number of ether oxygens (including phenoxy) is 1. The maximum atomic E-state index is 13.1. The molecule has 0 aliphatic heterocycles. The number of rotatable bonds is 3. The molecule has 0 radical (unpaired) electrons. The van der Waals surface area contributed by atoms with Crippen molar-refractivity contribution in [3.05, 3.63) is 58.3 Å². The average molecular weight is 309 g/mol. The van der Waals surface area contributed by atoms with Crippen LogP contribution in [0.1, 0.15) is 5.56 Å². The Balaban J connectivity index is 2.41. The standard InChI is InChI=1S/C13H10BrFN2O/c14-10-3-1-2-4-12(10)18-11-6-5-8(15)7-9(11)13(16)17/h1-7H,(H3,16,17). The van der Waals surface area contributed by atoms with E-state index >= 15 is 0 Å². The van der Waals surface area contributed by atoms with Crippen molar-refractivity contribution >= 4 is 21.8 Å². The molecule has 18 heavy (non-hydrogen) atoms. The van der Waals surface area contributed by atoms with Crippen molar-refractivity contribution in [2.24, 2.45) is 5.73 Å². The molecule has 0 aliphatic rings. The maximum Gasteiger partial charge on any atom is 0.141 e. The third-order valence-corrected chi connectivity index (χ3v) is 2.94. The van der Waals surface area contributed by atoms with E-state index < -0.39 is 5.82 Å². The lowest BCUT2D eigenvalue weighted by atomic mass is 10.2. The molecule has 2 aromatic rings. The highest BCUT2D eigenvalue weighted by Gasteiger charge is 2.10. The van der Waals surface area contributed by atoms with Gasteiger partial charge in [0.1, 0.15) is 23.2 Å². The molecule has 0 aromatic heterocycles. The summed E-state index contributed by atoms with van der Waals surface area (Å²) in [6.07, 6.45) is 0. The normalized spacial score (nSPS) is 10.1. The van der Waals surface area contributed by atoms with Gasteiger partial charge in [-0.05, 0) is 46.3 Å². The van der Waals surface area contributed by atoms with Crippen molar-refractivity contribution < 1.29 is 9.13 Å². The summed E-state index contributed by atoms with van der Waals surface area (Å²) in [6, 6.07) is 11.1. The van der Waals surface area contributed by atoms with E-state index in [0.717, 1.165) is 4.47 Å². The minimum atomic E-state index is -0.459. The van der Waals surface area contributed by atoms with Crippen LogP contribution in [0.15, 0.2) is 46.9 Å². The Kier molecular flexibility index (Phi) is 3.62. The fourth-order valence-electron chi connectivity index (χ4n) is 1.45. The molecule has 0 aliphatic carbocycles. The quantitative estimate of drug-likeness (QED) is 0.671. The Morgan fingerprint density at radius 2 is 1.89 bits per heavy atom. The second-order valence-corrected chi connectivity index (χ2v) is 4.44. The first-order valence-corrected chi connectivity index (χ1v) is 5.93. The highest BCUT2D eigenvalue weighted by atomic mass is 79.9. The SMILES string of the molecule is N=C(N)c1cc(F)ccc1Oc1ccccc1Br. The molecular formula is C13H10BrFN2O. The van der Waals surface area contributed by atoms with Crippen molar-refractivity contribution in [2.75, 3.05) is 0 Å². The summed E-state index contributed by atoms with van der Waals surface area (Å²) in [5.74, 6) is 0.221. The summed E-state index contributed by atoms with van der Waals surface area (Å²) in [6.45, 7) is 0. The van der Waals surface area contributed by atoms with Gasteiger partial charge in [-0.1, -0.05) is 12.1 Å². The van der Waals surface area contributed by atoms with E-state index in [1.54, 1.807) is 6.07 Å². The molecule has 0 saturated carbocycles. The minimum Gasteiger partial charge on any atom is -0.455 e. The van der Waals surface area contributed by atoms with Crippen molar-refractivity contribution in [1.29, 1.82) is 5.41 Å². The van der Waals surface area contributed by atoms with Crippen LogP contribution >= 0.6 is 15.9 Å². The molecule has 0 bridgehead atoms. The van der Waals surface area contributed by atoms with Crippen LogP contribution in [0.2, 0.25) is 0 Å². The van der Waals surface area contributed by atoms with Gasteiger partial charge in [0.15, 0.2) is 0 Å². The summed E-state index contributed by atoms with van der Waals surface area (Å²) >= 11 is 3.35. The third-order valence-electron chi connectivity index (χ3n) is 2.29. The van der Waals surface area contributed by atoms with Crippen molar-refractivity contribution in [2.45, 2.75) is 0 Å². The zero-order valence-electron chi connectivity index (χ0n) is 9.28. The van der Waals surface area contributed by atoms with Gasteiger partial charge in [-0.2, -0.15) is 0 Å². The van der Waals surface area contributed by atoms with Crippen LogP contribution < -0.4 is 10.5 Å². The van der Waals surface area contributed by atoms with Gasteiger partial charge >= 0.3 is 0 Å². The molecule has 3 N–H and O–H groups in total. The Morgan fingerprint density at radius 1 is 1.17 bits per heavy atom. The number of hydrogen-bond acceptors (Lipinski definition) is 2. The first kappa shape index (κ1) is 12.6. The number of para-hydroxylation sites is 1.